The van der Waals surface area contributed by atoms with Crippen LogP contribution in [0.15, 0.2) is 48.5 Å². The second kappa shape index (κ2) is 6.86. The van der Waals surface area contributed by atoms with Gasteiger partial charge in [-0.3, -0.25) is 0 Å². The van der Waals surface area contributed by atoms with Crippen LogP contribution in [-0.2, 0) is 0 Å². The van der Waals surface area contributed by atoms with E-state index in [9.17, 15) is 13.2 Å². The molecule has 0 fully saturated rings. The smallest absolute Gasteiger partial charge is 0.544 e. The highest BCUT2D eigenvalue weighted by atomic mass is 28.4. The van der Waals surface area contributed by atoms with Crippen LogP contribution >= 0.6 is 0 Å². The molecule has 0 bridgehead atoms. The number of halogens is 3. The highest BCUT2D eigenvalue weighted by Crippen LogP contribution is 2.27. The molecule has 2 aromatic rings. The molecule has 0 spiro atoms. The number of hydrogen-bond donors (Lipinski definition) is 1. The van der Waals surface area contributed by atoms with Crippen molar-refractivity contribution in [3.63, 3.8) is 0 Å². The third-order valence-electron chi connectivity index (χ3n) is 3.14. The molecule has 0 saturated carbocycles. The Hall–Kier alpha value is -1.99. The Morgan fingerprint density at radius 2 is 1.25 bits per heavy atom. The number of hydrogen-bond acceptors (Lipinski definition) is 3. The van der Waals surface area contributed by atoms with Crippen molar-refractivity contribution in [2.45, 2.75) is 32.0 Å². The Bertz CT molecular complexity index is 605. The molecule has 0 aliphatic heterocycles. The summed E-state index contributed by atoms with van der Waals surface area (Å²) in [4.78, 5) is 0. The van der Waals surface area contributed by atoms with Crippen LogP contribution < -0.4 is 14.9 Å². The van der Waals surface area contributed by atoms with E-state index in [2.05, 4.69) is 24.4 Å². The first-order valence-electron chi connectivity index (χ1n) is 7.44. The summed E-state index contributed by atoms with van der Waals surface area (Å²) < 4.78 is 46.2. The molecule has 0 aliphatic carbocycles. The van der Waals surface area contributed by atoms with Gasteiger partial charge in [0.05, 0.1) is 6.04 Å². The average Bonchev–Trinajstić information content (AvgIpc) is 2.45. The number of alkyl halides is 3. The molecule has 0 saturated heterocycles. The van der Waals surface area contributed by atoms with Gasteiger partial charge in [0, 0.05) is 0 Å². The first-order chi connectivity index (χ1) is 11.0. The molecular weight excluding hydrogens is 335 g/mol. The van der Waals surface area contributed by atoms with E-state index in [-0.39, 0.29) is 5.75 Å². The number of rotatable bonds is 5. The molecule has 0 amide bonds. The molecule has 0 heterocycles. The van der Waals surface area contributed by atoms with Crippen LogP contribution in [0.1, 0.15) is 17.2 Å². The lowest BCUT2D eigenvalue weighted by molar-refractivity contribution is -0.274. The third-order valence-corrected chi connectivity index (χ3v) is 3.98. The Balaban J connectivity index is 2.09. The molecule has 0 aromatic heterocycles. The van der Waals surface area contributed by atoms with E-state index in [0.29, 0.717) is 5.56 Å². The number of benzene rings is 2. The maximum absolute atomic E-state index is 12.2. The molecule has 2 N–H and O–H groups in total. The Morgan fingerprint density at radius 1 is 0.833 bits per heavy atom. The van der Waals surface area contributed by atoms with Crippen LogP contribution in [-0.4, -0.2) is 14.7 Å². The average molecular weight is 355 g/mol. The monoisotopic (exact) mass is 355 g/mol. The lowest BCUT2D eigenvalue weighted by Gasteiger charge is -2.20. The van der Waals surface area contributed by atoms with Crippen molar-refractivity contribution in [1.82, 2.24) is 0 Å². The van der Waals surface area contributed by atoms with Gasteiger partial charge in [-0.15, -0.1) is 13.2 Å². The van der Waals surface area contributed by atoms with Gasteiger partial charge in [0.15, 0.2) is 0 Å². The molecule has 0 radical (unpaired) electrons. The van der Waals surface area contributed by atoms with Crippen LogP contribution in [0.3, 0.4) is 0 Å². The van der Waals surface area contributed by atoms with Gasteiger partial charge in [-0.05, 0) is 55.0 Å². The predicted octanol–water partition coefficient (Wildman–Crippen LogP) is 4.85. The Morgan fingerprint density at radius 3 is 1.62 bits per heavy atom. The zero-order valence-corrected chi connectivity index (χ0v) is 14.7. The fourth-order valence-corrected chi connectivity index (χ4v) is 3.01. The largest absolute Gasteiger partial charge is 0.573 e. The molecule has 7 heteroatoms. The summed E-state index contributed by atoms with van der Waals surface area (Å²) in [6, 6.07) is 12.6. The van der Waals surface area contributed by atoms with E-state index < -0.39 is 20.7 Å². The second-order valence-electron chi connectivity index (χ2n) is 6.38. The van der Waals surface area contributed by atoms with Crippen LogP contribution in [0.25, 0.3) is 0 Å². The second-order valence-corrected chi connectivity index (χ2v) is 10.8. The minimum absolute atomic E-state index is 0.266. The molecule has 3 nitrogen and oxygen atoms in total. The molecule has 1 atom stereocenters. The standard InChI is InChI=1S/C17H20F3NO2Si/c1-24(2,3)23-15-10-6-13(7-11-15)16(21)12-4-8-14(9-5-12)22-17(18,19)20/h4-11,16H,21H2,1-3H3/t16-/m0/s1. The van der Waals surface area contributed by atoms with E-state index in [1.54, 1.807) is 0 Å². The summed E-state index contributed by atoms with van der Waals surface area (Å²) in [5.41, 5.74) is 7.72. The van der Waals surface area contributed by atoms with E-state index in [1.165, 1.54) is 24.3 Å². The van der Waals surface area contributed by atoms with E-state index in [4.69, 9.17) is 10.2 Å². The highest BCUT2D eigenvalue weighted by Gasteiger charge is 2.31. The van der Waals surface area contributed by atoms with Crippen LogP contribution in [0, 0.1) is 0 Å². The lowest BCUT2D eigenvalue weighted by Crippen LogP contribution is -2.29. The zero-order chi connectivity index (χ0) is 18.0. The van der Waals surface area contributed by atoms with Crippen molar-refractivity contribution in [2.75, 3.05) is 0 Å². The van der Waals surface area contributed by atoms with Crippen molar-refractivity contribution in [2.24, 2.45) is 5.73 Å². The van der Waals surface area contributed by atoms with Crippen LogP contribution in [0.2, 0.25) is 19.6 Å². The summed E-state index contributed by atoms with van der Waals surface area (Å²) in [6.45, 7) is 6.28. The maximum Gasteiger partial charge on any atom is 0.573 e. The van der Waals surface area contributed by atoms with Gasteiger partial charge in [0.2, 0.25) is 8.32 Å². The minimum atomic E-state index is -4.70. The van der Waals surface area contributed by atoms with Gasteiger partial charge in [-0.2, -0.15) is 0 Å². The summed E-state index contributed by atoms with van der Waals surface area (Å²) in [5.74, 6) is 0.524. The predicted molar refractivity (Wildman–Crippen MR) is 89.6 cm³/mol. The molecule has 24 heavy (non-hydrogen) atoms. The fourth-order valence-electron chi connectivity index (χ4n) is 2.17. The minimum Gasteiger partial charge on any atom is -0.544 e. The lowest BCUT2D eigenvalue weighted by atomic mass is 9.99. The normalized spacial score (nSPS) is 13.5. The quantitative estimate of drug-likeness (QED) is 0.780. The van der Waals surface area contributed by atoms with Crippen molar-refractivity contribution >= 4 is 8.32 Å². The van der Waals surface area contributed by atoms with Crippen LogP contribution in [0.5, 0.6) is 11.5 Å². The van der Waals surface area contributed by atoms with Crippen molar-refractivity contribution in [3.05, 3.63) is 59.7 Å². The van der Waals surface area contributed by atoms with Crippen LogP contribution in [0.4, 0.5) is 13.2 Å². The number of ether oxygens (including phenoxy) is 1. The highest BCUT2D eigenvalue weighted by molar-refractivity contribution is 6.70. The van der Waals surface area contributed by atoms with Crippen molar-refractivity contribution in [1.29, 1.82) is 0 Å². The van der Waals surface area contributed by atoms with Crippen molar-refractivity contribution in [3.8, 4) is 11.5 Å². The van der Waals surface area contributed by atoms with Gasteiger partial charge < -0.3 is 14.9 Å². The molecule has 2 rings (SSSR count). The molecule has 0 unspecified atom stereocenters. The third kappa shape index (κ3) is 5.57. The first-order valence-corrected chi connectivity index (χ1v) is 10.8. The van der Waals surface area contributed by atoms with E-state index >= 15 is 0 Å². The van der Waals surface area contributed by atoms with Gasteiger partial charge in [-0.1, -0.05) is 24.3 Å². The SMILES string of the molecule is C[Si](C)(C)Oc1ccc([C@@H](N)c2ccc(OC(F)(F)F)cc2)cc1. The summed E-state index contributed by atoms with van der Waals surface area (Å²) >= 11 is 0. The van der Waals surface area contributed by atoms with Crippen molar-refractivity contribution < 1.29 is 22.3 Å². The summed E-state index contributed by atoms with van der Waals surface area (Å²) in [7, 11) is -1.67. The first kappa shape index (κ1) is 18.3. The van der Waals surface area contributed by atoms with Gasteiger partial charge >= 0.3 is 6.36 Å². The fraction of sp³-hybridized carbons (Fsp3) is 0.294. The summed E-state index contributed by atoms with van der Waals surface area (Å²) in [6.07, 6.45) is -4.70. The zero-order valence-electron chi connectivity index (χ0n) is 13.7. The summed E-state index contributed by atoms with van der Waals surface area (Å²) in [5, 5.41) is 0. The molecular formula is C17H20F3NO2Si. The maximum atomic E-state index is 12.2. The van der Waals surface area contributed by atoms with E-state index in [0.717, 1.165) is 11.3 Å². The molecule has 130 valence electrons. The Labute approximate surface area is 140 Å². The number of nitrogens with two attached hydrogens (primary N) is 1. The topological polar surface area (TPSA) is 44.5 Å². The van der Waals surface area contributed by atoms with E-state index in [1.807, 2.05) is 24.3 Å². The van der Waals surface area contributed by atoms with Gasteiger partial charge in [-0.25, -0.2) is 0 Å². The molecule has 0 aliphatic rings. The van der Waals surface area contributed by atoms with Gasteiger partial charge in [0.25, 0.3) is 0 Å². The Kier molecular flexibility index (Phi) is 5.25. The molecule has 2 aromatic carbocycles. The van der Waals surface area contributed by atoms with Gasteiger partial charge in [0.1, 0.15) is 11.5 Å².